The van der Waals surface area contributed by atoms with Crippen molar-refractivity contribution in [3.8, 4) is 0 Å². The minimum Gasteiger partial charge on any atom is -0.308 e. The van der Waals surface area contributed by atoms with Crippen LogP contribution < -0.4 is 5.56 Å². The Balaban J connectivity index is 2.11. The first-order valence-electron chi connectivity index (χ1n) is 6.50. The Hall–Kier alpha value is -1.88. The SMILES string of the molecule is CCn1nc(Cn2cccc(Br)c2=O)c2ccccc21. The molecule has 0 N–H and O–H groups in total. The van der Waals surface area contributed by atoms with Crippen molar-refractivity contribution in [2.75, 3.05) is 0 Å². The summed E-state index contributed by atoms with van der Waals surface area (Å²) in [6.07, 6.45) is 1.78. The first-order chi connectivity index (χ1) is 9.70. The van der Waals surface area contributed by atoms with Crippen LogP contribution in [0.5, 0.6) is 0 Å². The number of fused-ring (bicyclic) bond motifs is 1. The normalized spacial score (nSPS) is 11.1. The third-order valence-electron chi connectivity index (χ3n) is 3.33. The van der Waals surface area contributed by atoms with E-state index in [4.69, 9.17) is 0 Å². The summed E-state index contributed by atoms with van der Waals surface area (Å²) in [6, 6.07) is 11.7. The summed E-state index contributed by atoms with van der Waals surface area (Å²) in [6.45, 7) is 3.36. The van der Waals surface area contributed by atoms with Gasteiger partial charge in [0.2, 0.25) is 0 Å². The Labute approximate surface area is 124 Å². The van der Waals surface area contributed by atoms with Crippen molar-refractivity contribution < 1.29 is 0 Å². The van der Waals surface area contributed by atoms with Crippen molar-refractivity contribution in [1.29, 1.82) is 0 Å². The van der Waals surface area contributed by atoms with Crippen LogP contribution in [0.4, 0.5) is 0 Å². The van der Waals surface area contributed by atoms with Crippen LogP contribution in [0.25, 0.3) is 10.9 Å². The maximum Gasteiger partial charge on any atom is 0.265 e. The van der Waals surface area contributed by atoms with E-state index in [-0.39, 0.29) is 5.56 Å². The van der Waals surface area contributed by atoms with Gasteiger partial charge in [0.25, 0.3) is 5.56 Å². The molecule has 0 atom stereocenters. The molecule has 4 nitrogen and oxygen atoms in total. The number of aromatic nitrogens is 3. The molecule has 0 spiro atoms. The number of rotatable bonds is 3. The smallest absolute Gasteiger partial charge is 0.265 e. The fourth-order valence-electron chi connectivity index (χ4n) is 2.35. The van der Waals surface area contributed by atoms with Gasteiger partial charge < -0.3 is 4.57 Å². The van der Waals surface area contributed by atoms with Gasteiger partial charge in [-0.1, -0.05) is 18.2 Å². The summed E-state index contributed by atoms with van der Waals surface area (Å²) in [7, 11) is 0. The highest BCUT2D eigenvalue weighted by molar-refractivity contribution is 9.10. The first kappa shape index (κ1) is 13.1. The highest BCUT2D eigenvalue weighted by Crippen LogP contribution is 2.19. The van der Waals surface area contributed by atoms with Crippen LogP contribution in [-0.4, -0.2) is 14.3 Å². The molecule has 2 heterocycles. The molecule has 0 aliphatic rings. The molecule has 102 valence electrons. The molecule has 0 saturated heterocycles. The molecule has 1 aromatic carbocycles. The van der Waals surface area contributed by atoms with Gasteiger partial charge in [-0.05, 0) is 41.1 Å². The third-order valence-corrected chi connectivity index (χ3v) is 3.93. The van der Waals surface area contributed by atoms with Gasteiger partial charge in [-0.15, -0.1) is 0 Å². The maximum absolute atomic E-state index is 12.1. The Morgan fingerprint density at radius 2 is 2.00 bits per heavy atom. The van der Waals surface area contributed by atoms with E-state index in [0.717, 1.165) is 23.1 Å². The lowest BCUT2D eigenvalue weighted by atomic mass is 10.2. The number of halogens is 1. The summed E-state index contributed by atoms with van der Waals surface area (Å²) >= 11 is 3.27. The molecule has 20 heavy (non-hydrogen) atoms. The predicted molar refractivity (Wildman–Crippen MR) is 82.9 cm³/mol. The number of pyridine rings is 1. The summed E-state index contributed by atoms with van der Waals surface area (Å²) in [4.78, 5) is 12.1. The summed E-state index contributed by atoms with van der Waals surface area (Å²) in [5, 5.41) is 5.71. The Bertz CT molecular complexity index is 819. The first-order valence-corrected chi connectivity index (χ1v) is 7.29. The van der Waals surface area contributed by atoms with Crippen LogP contribution in [0.2, 0.25) is 0 Å². The van der Waals surface area contributed by atoms with E-state index in [9.17, 15) is 4.79 Å². The molecule has 2 aromatic heterocycles. The molecule has 0 unspecified atom stereocenters. The van der Waals surface area contributed by atoms with Crippen molar-refractivity contribution in [3.05, 3.63) is 63.1 Å². The average Bonchev–Trinajstić information content (AvgIpc) is 2.82. The lowest BCUT2D eigenvalue weighted by molar-refractivity contribution is 0.647. The van der Waals surface area contributed by atoms with Crippen molar-refractivity contribution in [2.24, 2.45) is 0 Å². The topological polar surface area (TPSA) is 39.8 Å². The van der Waals surface area contributed by atoms with Gasteiger partial charge >= 0.3 is 0 Å². The van der Waals surface area contributed by atoms with Crippen LogP contribution >= 0.6 is 15.9 Å². The van der Waals surface area contributed by atoms with Crippen molar-refractivity contribution in [3.63, 3.8) is 0 Å². The van der Waals surface area contributed by atoms with E-state index in [1.54, 1.807) is 16.8 Å². The van der Waals surface area contributed by atoms with E-state index < -0.39 is 0 Å². The number of hydrogen-bond acceptors (Lipinski definition) is 2. The number of nitrogens with zero attached hydrogens (tertiary/aromatic N) is 3. The second-order valence-electron chi connectivity index (χ2n) is 4.57. The number of hydrogen-bond donors (Lipinski definition) is 0. The largest absolute Gasteiger partial charge is 0.308 e. The zero-order chi connectivity index (χ0) is 14.1. The molecule has 0 bridgehead atoms. The Morgan fingerprint density at radius 3 is 2.80 bits per heavy atom. The molecule has 3 rings (SSSR count). The number of para-hydroxylation sites is 1. The molecule has 5 heteroatoms. The second kappa shape index (κ2) is 5.25. The van der Waals surface area contributed by atoms with Gasteiger partial charge in [-0.3, -0.25) is 9.48 Å². The monoisotopic (exact) mass is 331 g/mol. The molecule has 3 aromatic rings. The lowest BCUT2D eigenvalue weighted by Gasteiger charge is -2.03. The highest BCUT2D eigenvalue weighted by atomic mass is 79.9. The third kappa shape index (κ3) is 2.18. The zero-order valence-corrected chi connectivity index (χ0v) is 12.7. The number of aryl methyl sites for hydroxylation is 1. The van der Waals surface area contributed by atoms with Gasteiger partial charge in [0.1, 0.15) is 0 Å². The van der Waals surface area contributed by atoms with Gasteiger partial charge in [0.15, 0.2) is 0 Å². The zero-order valence-electron chi connectivity index (χ0n) is 11.1. The van der Waals surface area contributed by atoms with Crippen LogP contribution in [0.15, 0.2) is 51.9 Å². The average molecular weight is 332 g/mol. The minimum atomic E-state index is -0.0392. The highest BCUT2D eigenvalue weighted by Gasteiger charge is 2.10. The molecule has 0 fully saturated rings. The second-order valence-corrected chi connectivity index (χ2v) is 5.42. The van der Waals surface area contributed by atoms with Gasteiger partial charge in [0.05, 0.1) is 22.2 Å². The molecular weight excluding hydrogens is 318 g/mol. The van der Waals surface area contributed by atoms with Crippen molar-refractivity contribution >= 4 is 26.8 Å². The summed E-state index contributed by atoms with van der Waals surface area (Å²) < 4.78 is 4.20. The van der Waals surface area contributed by atoms with Crippen molar-refractivity contribution in [1.82, 2.24) is 14.3 Å². The molecule has 0 aliphatic heterocycles. The standard InChI is InChI=1S/C15H14BrN3O/c1-2-19-14-8-4-3-6-11(14)13(17-19)10-18-9-5-7-12(16)15(18)20/h3-9H,2,10H2,1H3. The fourth-order valence-corrected chi connectivity index (χ4v) is 2.73. The van der Waals surface area contributed by atoms with Crippen LogP contribution in [0, 0.1) is 0 Å². The van der Waals surface area contributed by atoms with E-state index in [1.807, 2.05) is 28.9 Å². The van der Waals surface area contributed by atoms with E-state index >= 15 is 0 Å². The lowest BCUT2D eigenvalue weighted by Crippen LogP contribution is -2.20. The predicted octanol–water partition coefficient (Wildman–Crippen LogP) is 3.03. The van der Waals surface area contributed by atoms with Gasteiger partial charge in [-0.2, -0.15) is 5.10 Å². The Kier molecular flexibility index (Phi) is 3.44. The minimum absolute atomic E-state index is 0.0392. The number of benzene rings is 1. The molecule has 0 aliphatic carbocycles. The Morgan fingerprint density at radius 1 is 1.20 bits per heavy atom. The van der Waals surface area contributed by atoms with Crippen LogP contribution in [0.1, 0.15) is 12.6 Å². The van der Waals surface area contributed by atoms with Crippen molar-refractivity contribution in [2.45, 2.75) is 20.0 Å². The van der Waals surface area contributed by atoms with E-state index in [1.165, 1.54) is 0 Å². The van der Waals surface area contributed by atoms with E-state index in [2.05, 4.69) is 34.0 Å². The van der Waals surface area contributed by atoms with E-state index in [0.29, 0.717) is 11.0 Å². The van der Waals surface area contributed by atoms with Gasteiger partial charge in [0, 0.05) is 18.1 Å². The summed E-state index contributed by atoms with van der Waals surface area (Å²) in [5.41, 5.74) is 1.98. The summed E-state index contributed by atoms with van der Waals surface area (Å²) in [5.74, 6) is 0. The fraction of sp³-hybridized carbons (Fsp3) is 0.200. The molecule has 0 saturated carbocycles. The molecular formula is C15H14BrN3O. The quantitative estimate of drug-likeness (QED) is 0.740. The van der Waals surface area contributed by atoms with Crippen LogP contribution in [-0.2, 0) is 13.1 Å². The van der Waals surface area contributed by atoms with Crippen LogP contribution in [0.3, 0.4) is 0 Å². The molecule has 0 amide bonds. The molecule has 0 radical (unpaired) electrons. The maximum atomic E-state index is 12.1. The van der Waals surface area contributed by atoms with Gasteiger partial charge in [-0.25, -0.2) is 0 Å².